The van der Waals surface area contributed by atoms with E-state index in [-0.39, 0.29) is 0 Å². The van der Waals surface area contributed by atoms with E-state index in [2.05, 4.69) is 22.2 Å². The van der Waals surface area contributed by atoms with Gasteiger partial charge in [-0.2, -0.15) is 0 Å². The normalized spacial score (nSPS) is 25.3. The number of nitrogens with one attached hydrogen (secondary N) is 1. The zero-order chi connectivity index (χ0) is 9.97. The Morgan fingerprint density at radius 3 is 2.86 bits per heavy atom. The molecule has 1 fully saturated rings. The smallest absolute Gasteiger partial charge is 0.218 e. The van der Waals surface area contributed by atoms with Crippen molar-refractivity contribution >= 4 is 5.82 Å². The molecule has 1 aromatic heterocycles. The minimum atomic E-state index is 0.574. The van der Waals surface area contributed by atoms with Crippen molar-refractivity contribution in [2.24, 2.45) is 5.92 Å². The summed E-state index contributed by atoms with van der Waals surface area (Å²) in [4.78, 5) is 8.08. The van der Waals surface area contributed by atoms with E-state index in [0.29, 0.717) is 11.9 Å². The Kier molecular flexibility index (Phi) is 2.52. The highest BCUT2D eigenvalue weighted by atomic mass is 16.5. The van der Waals surface area contributed by atoms with Gasteiger partial charge in [0.15, 0.2) is 0 Å². The largest absolute Gasteiger partial charge is 0.481 e. The molecule has 1 aliphatic rings. The second-order valence-corrected chi connectivity index (χ2v) is 3.86. The van der Waals surface area contributed by atoms with Crippen molar-refractivity contribution in [2.45, 2.75) is 25.8 Å². The van der Waals surface area contributed by atoms with Gasteiger partial charge in [-0.1, -0.05) is 6.92 Å². The first-order valence-electron chi connectivity index (χ1n) is 4.90. The van der Waals surface area contributed by atoms with Crippen LogP contribution >= 0.6 is 0 Å². The third-order valence-corrected chi connectivity index (χ3v) is 2.58. The van der Waals surface area contributed by atoms with E-state index >= 15 is 0 Å². The monoisotopic (exact) mass is 193 g/mol. The van der Waals surface area contributed by atoms with Crippen molar-refractivity contribution in [2.75, 3.05) is 12.4 Å². The molecule has 4 nitrogen and oxygen atoms in total. The maximum Gasteiger partial charge on any atom is 0.218 e. The number of hydrogen-bond acceptors (Lipinski definition) is 4. The van der Waals surface area contributed by atoms with E-state index in [4.69, 9.17) is 4.74 Å². The molecule has 0 radical (unpaired) electrons. The quantitative estimate of drug-likeness (QED) is 0.793. The summed E-state index contributed by atoms with van der Waals surface area (Å²) in [5, 5.41) is 3.35. The van der Waals surface area contributed by atoms with Crippen molar-refractivity contribution in [3.63, 3.8) is 0 Å². The van der Waals surface area contributed by atoms with Crippen molar-refractivity contribution in [3.05, 3.63) is 12.4 Å². The lowest BCUT2D eigenvalue weighted by molar-refractivity contribution is 0.308. The fourth-order valence-corrected chi connectivity index (χ4v) is 1.76. The molecule has 0 aliphatic heterocycles. The number of rotatable bonds is 3. The van der Waals surface area contributed by atoms with Crippen molar-refractivity contribution in [1.29, 1.82) is 0 Å². The molecule has 0 unspecified atom stereocenters. The fourth-order valence-electron chi connectivity index (χ4n) is 1.76. The average molecular weight is 193 g/mol. The Hall–Kier alpha value is -1.32. The molecule has 0 amide bonds. The van der Waals surface area contributed by atoms with Crippen LogP contribution in [-0.4, -0.2) is 23.1 Å². The van der Waals surface area contributed by atoms with Crippen molar-refractivity contribution in [1.82, 2.24) is 9.97 Å². The molecular weight excluding hydrogens is 178 g/mol. The molecule has 1 heterocycles. The van der Waals surface area contributed by atoms with Crippen LogP contribution in [0.2, 0.25) is 0 Å². The van der Waals surface area contributed by atoms with Crippen LogP contribution in [0.15, 0.2) is 12.4 Å². The number of methoxy groups -OCH3 is 1. The maximum atomic E-state index is 5.02. The van der Waals surface area contributed by atoms with Crippen LogP contribution in [-0.2, 0) is 0 Å². The topological polar surface area (TPSA) is 47.0 Å². The molecule has 0 aromatic carbocycles. The van der Waals surface area contributed by atoms with Crippen LogP contribution in [0, 0.1) is 5.92 Å². The highest BCUT2D eigenvalue weighted by Gasteiger charge is 2.25. The molecule has 1 aromatic rings. The standard InChI is InChI=1S/C10H15N3O/c1-7-3-8(4-7)13-9-5-10(14-2)12-6-11-9/h5-8H,3-4H2,1-2H3,(H,11,12,13). The Morgan fingerprint density at radius 2 is 2.21 bits per heavy atom. The first kappa shape index (κ1) is 9.24. The van der Waals surface area contributed by atoms with E-state index < -0.39 is 0 Å². The number of anilines is 1. The van der Waals surface area contributed by atoms with Gasteiger partial charge in [0, 0.05) is 12.1 Å². The summed E-state index contributed by atoms with van der Waals surface area (Å²) in [6.45, 7) is 2.26. The molecule has 1 aliphatic carbocycles. The molecule has 0 saturated heterocycles. The van der Waals surface area contributed by atoms with Gasteiger partial charge in [0.05, 0.1) is 7.11 Å². The predicted molar refractivity (Wildman–Crippen MR) is 54.4 cm³/mol. The van der Waals surface area contributed by atoms with Gasteiger partial charge in [-0.25, -0.2) is 9.97 Å². The Morgan fingerprint density at radius 1 is 1.43 bits per heavy atom. The summed E-state index contributed by atoms with van der Waals surface area (Å²) in [5.41, 5.74) is 0. The Bertz CT molecular complexity index is 310. The molecule has 4 heteroatoms. The molecule has 0 atom stereocenters. The summed E-state index contributed by atoms with van der Waals surface area (Å²) in [6, 6.07) is 2.40. The molecular formula is C10H15N3O. The van der Waals surface area contributed by atoms with Gasteiger partial charge in [0.25, 0.3) is 0 Å². The van der Waals surface area contributed by atoms with Gasteiger partial charge in [-0.15, -0.1) is 0 Å². The minimum absolute atomic E-state index is 0.574. The zero-order valence-corrected chi connectivity index (χ0v) is 8.53. The van der Waals surface area contributed by atoms with Gasteiger partial charge in [-0.3, -0.25) is 0 Å². The van der Waals surface area contributed by atoms with Crippen LogP contribution in [0.3, 0.4) is 0 Å². The fraction of sp³-hybridized carbons (Fsp3) is 0.600. The molecule has 76 valence electrons. The van der Waals surface area contributed by atoms with Crippen molar-refractivity contribution in [3.8, 4) is 5.88 Å². The van der Waals surface area contributed by atoms with E-state index in [9.17, 15) is 0 Å². The molecule has 2 rings (SSSR count). The van der Waals surface area contributed by atoms with Crippen LogP contribution in [0.1, 0.15) is 19.8 Å². The lowest BCUT2D eigenvalue weighted by Gasteiger charge is -2.33. The van der Waals surface area contributed by atoms with Gasteiger partial charge in [-0.05, 0) is 18.8 Å². The number of nitrogens with zero attached hydrogens (tertiary/aromatic N) is 2. The third kappa shape index (κ3) is 1.95. The van der Waals surface area contributed by atoms with Crippen LogP contribution in [0.4, 0.5) is 5.82 Å². The summed E-state index contributed by atoms with van der Waals surface area (Å²) in [5.74, 6) is 2.31. The molecule has 0 spiro atoms. The molecule has 1 N–H and O–H groups in total. The predicted octanol–water partition coefficient (Wildman–Crippen LogP) is 1.70. The molecule has 0 bridgehead atoms. The Balaban J connectivity index is 1.95. The van der Waals surface area contributed by atoms with Gasteiger partial charge in [0.2, 0.25) is 5.88 Å². The van der Waals surface area contributed by atoms with E-state index in [1.165, 1.54) is 19.2 Å². The van der Waals surface area contributed by atoms with Crippen LogP contribution in [0.25, 0.3) is 0 Å². The van der Waals surface area contributed by atoms with Gasteiger partial charge >= 0.3 is 0 Å². The van der Waals surface area contributed by atoms with Crippen LogP contribution in [0.5, 0.6) is 5.88 Å². The number of hydrogen-bond donors (Lipinski definition) is 1. The SMILES string of the molecule is COc1cc(NC2CC(C)C2)ncn1. The van der Waals surface area contributed by atoms with Crippen LogP contribution < -0.4 is 10.1 Å². The summed E-state index contributed by atoms with van der Waals surface area (Å²) in [6.07, 6.45) is 3.97. The minimum Gasteiger partial charge on any atom is -0.481 e. The molecule has 14 heavy (non-hydrogen) atoms. The van der Waals surface area contributed by atoms with Crippen molar-refractivity contribution < 1.29 is 4.74 Å². The Labute approximate surface area is 83.7 Å². The lowest BCUT2D eigenvalue weighted by Crippen LogP contribution is -2.34. The van der Waals surface area contributed by atoms with E-state index in [1.807, 2.05) is 6.07 Å². The first-order chi connectivity index (χ1) is 6.78. The summed E-state index contributed by atoms with van der Waals surface area (Å²) < 4.78 is 5.02. The number of ether oxygens (including phenoxy) is 1. The van der Waals surface area contributed by atoms with Gasteiger partial charge < -0.3 is 10.1 Å². The first-order valence-corrected chi connectivity index (χ1v) is 4.90. The summed E-state index contributed by atoms with van der Waals surface area (Å²) in [7, 11) is 1.61. The van der Waals surface area contributed by atoms with E-state index in [0.717, 1.165) is 11.7 Å². The van der Waals surface area contributed by atoms with E-state index in [1.54, 1.807) is 7.11 Å². The number of aromatic nitrogens is 2. The summed E-state index contributed by atoms with van der Waals surface area (Å²) >= 11 is 0. The second kappa shape index (κ2) is 3.82. The second-order valence-electron chi connectivity index (χ2n) is 3.86. The highest BCUT2D eigenvalue weighted by Crippen LogP contribution is 2.29. The highest BCUT2D eigenvalue weighted by molar-refractivity contribution is 5.38. The zero-order valence-electron chi connectivity index (χ0n) is 8.53. The third-order valence-electron chi connectivity index (χ3n) is 2.58. The average Bonchev–Trinajstić information content (AvgIpc) is 2.16. The maximum absolute atomic E-state index is 5.02. The lowest BCUT2D eigenvalue weighted by atomic mass is 9.82. The molecule has 1 saturated carbocycles. The van der Waals surface area contributed by atoms with Gasteiger partial charge in [0.1, 0.15) is 12.1 Å².